The predicted molar refractivity (Wildman–Crippen MR) is 126 cm³/mol. The van der Waals surface area contributed by atoms with Crippen molar-refractivity contribution in [3.8, 4) is 5.75 Å². The molecule has 0 amide bonds. The minimum atomic E-state index is -5.32. The Labute approximate surface area is 211 Å². The number of anilines is 1. The molecule has 0 bridgehead atoms. The zero-order chi connectivity index (χ0) is 27.0. The van der Waals surface area contributed by atoms with Crippen molar-refractivity contribution in [2.45, 2.75) is 39.1 Å². The highest BCUT2D eigenvalue weighted by Gasteiger charge is 2.34. The summed E-state index contributed by atoms with van der Waals surface area (Å²) in [5.41, 5.74) is 0.537. The highest BCUT2D eigenvalue weighted by atomic mass is 19.4. The average Bonchev–Trinajstić information content (AvgIpc) is 2.84. The Morgan fingerprint density at radius 1 is 1.08 bits per heavy atom. The number of ether oxygens (including phenoxy) is 2. The average molecular weight is 527 g/mol. The summed E-state index contributed by atoms with van der Waals surface area (Å²) in [6.45, 7) is 4.24. The fourth-order valence-corrected chi connectivity index (χ4v) is 3.95. The minimum absolute atomic E-state index is 0.0252. The molecule has 37 heavy (non-hydrogen) atoms. The van der Waals surface area contributed by atoms with Crippen molar-refractivity contribution in [1.29, 1.82) is 0 Å². The second-order valence-corrected chi connectivity index (χ2v) is 8.40. The summed E-state index contributed by atoms with van der Waals surface area (Å²) in [5, 5.41) is 3.06. The maximum absolute atomic E-state index is 13.9. The molecule has 1 aliphatic rings. The van der Waals surface area contributed by atoms with Crippen LogP contribution in [-0.4, -0.2) is 49.3 Å². The molecule has 1 aliphatic heterocycles. The summed E-state index contributed by atoms with van der Waals surface area (Å²) in [4.78, 5) is 27.7. The molecule has 0 unspecified atom stereocenters. The van der Waals surface area contributed by atoms with Gasteiger partial charge in [-0.15, -0.1) is 13.2 Å². The summed E-state index contributed by atoms with van der Waals surface area (Å²) < 4.78 is 73.8. The normalized spacial score (nSPS) is 14.8. The molecule has 6 nitrogen and oxygen atoms in total. The third kappa shape index (κ3) is 8.28. The van der Waals surface area contributed by atoms with E-state index in [-0.39, 0.29) is 13.2 Å². The van der Waals surface area contributed by atoms with E-state index in [9.17, 15) is 31.5 Å². The van der Waals surface area contributed by atoms with Crippen LogP contribution in [0.3, 0.4) is 0 Å². The molecule has 1 heterocycles. The Balaban J connectivity index is 1.78. The van der Waals surface area contributed by atoms with Crippen LogP contribution in [0.2, 0.25) is 0 Å². The molecule has 0 atom stereocenters. The van der Waals surface area contributed by atoms with Crippen LogP contribution in [0, 0.1) is 11.6 Å². The van der Waals surface area contributed by atoms with E-state index in [4.69, 9.17) is 4.74 Å². The number of likely N-dealkylation sites (tertiary alicyclic amines) is 1. The number of alkyl halides is 3. The van der Waals surface area contributed by atoms with Crippen molar-refractivity contribution in [3.63, 3.8) is 0 Å². The first-order valence-electron chi connectivity index (χ1n) is 11.8. The molecule has 11 heteroatoms. The summed E-state index contributed by atoms with van der Waals surface area (Å²) in [5.74, 6) is -7.39. The number of Topliss-reactive ketones (excluding diaryl/α,β-unsaturated/α-hetero) is 1. The van der Waals surface area contributed by atoms with Crippen LogP contribution in [0.1, 0.15) is 42.1 Å². The summed E-state index contributed by atoms with van der Waals surface area (Å²) in [6, 6.07) is 8.38. The quantitative estimate of drug-likeness (QED) is 0.108. The lowest BCUT2D eigenvalue weighted by atomic mass is 10.0. The number of rotatable bonds is 10. The Morgan fingerprint density at radius 2 is 1.81 bits per heavy atom. The number of nitrogens with zero attached hydrogens (tertiary/aromatic N) is 1. The molecule has 2 aromatic carbocycles. The smallest absolute Gasteiger partial charge is 0.462 e. The van der Waals surface area contributed by atoms with Gasteiger partial charge < -0.3 is 14.8 Å². The number of piperidine rings is 1. The molecule has 0 aliphatic carbocycles. The van der Waals surface area contributed by atoms with Crippen molar-refractivity contribution in [2.24, 2.45) is 0 Å². The topological polar surface area (TPSA) is 67.9 Å². The second kappa shape index (κ2) is 12.7. The zero-order valence-corrected chi connectivity index (χ0v) is 20.2. The van der Waals surface area contributed by atoms with Crippen LogP contribution in [0.5, 0.6) is 5.75 Å². The van der Waals surface area contributed by atoms with Crippen molar-refractivity contribution >= 4 is 17.4 Å². The largest absolute Gasteiger partial charge is 0.573 e. The van der Waals surface area contributed by atoms with Crippen LogP contribution in [0.15, 0.2) is 48.0 Å². The van der Waals surface area contributed by atoms with Gasteiger partial charge in [0.25, 0.3) is 0 Å². The zero-order valence-electron chi connectivity index (χ0n) is 20.2. The Morgan fingerprint density at radius 3 is 2.49 bits per heavy atom. The maximum atomic E-state index is 13.9. The van der Waals surface area contributed by atoms with Gasteiger partial charge in [0.05, 0.1) is 6.61 Å². The molecular weight excluding hydrogens is 499 g/mol. The molecule has 3 rings (SSSR count). The Hall–Kier alpha value is -3.47. The van der Waals surface area contributed by atoms with Gasteiger partial charge in [-0.2, -0.15) is 4.39 Å². The number of nitrogens with one attached hydrogen (secondary N) is 1. The predicted octanol–water partition coefficient (Wildman–Crippen LogP) is 5.63. The third-order valence-electron chi connectivity index (χ3n) is 5.62. The lowest BCUT2D eigenvalue weighted by Crippen LogP contribution is -2.29. The van der Waals surface area contributed by atoms with Gasteiger partial charge in [0.15, 0.2) is 17.3 Å². The highest BCUT2D eigenvalue weighted by molar-refractivity contribution is 6.24. The van der Waals surface area contributed by atoms with E-state index in [1.807, 2.05) is 18.2 Å². The Bertz CT molecular complexity index is 1140. The van der Waals surface area contributed by atoms with Crippen molar-refractivity contribution in [3.05, 3.63) is 70.8 Å². The van der Waals surface area contributed by atoms with Gasteiger partial charge in [0, 0.05) is 24.3 Å². The number of ketones is 1. The van der Waals surface area contributed by atoms with Crippen LogP contribution < -0.4 is 10.1 Å². The third-order valence-corrected chi connectivity index (χ3v) is 5.62. The Kier molecular flexibility index (Phi) is 9.62. The van der Waals surface area contributed by atoms with Crippen molar-refractivity contribution < 1.29 is 41.0 Å². The number of benzene rings is 2. The molecule has 0 aromatic heterocycles. The summed E-state index contributed by atoms with van der Waals surface area (Å²) in [7, 11) is 0. The van der Waals surface area contributed by atoms with Crippen molar-refractivity contribution in [1.82, 2.24) is 4.90 Å². The molecule has 2 aromatic rings. The van der Waals surface area contributed by atoms with E-state index in [1.165, 1.54) is 19.4 Å². The van der Waals surface area contributed by atoms with Crippen LogP contribution in [0.4, 0.5) is 27.6 Å². The van der Waals surface area contributed by atoms with Crippen LogP contribution in [-0.2, 0) is 16.1 Å². The van der Waals surface area contributed by atoms with Gasteiger partial charge in [-0.1, -0.05) is 18.6 Å². The van der Waals surface area contributed by atoms with Crippen LogP contribution >= 0.6 is 0 Å². The van der Waals surface area contributed by atoms with Gasteiger partial charge in [-0.25, -0.2) is 9.18 Å². The number of esters is 1. The number of halogens is 5. The standard InChI is InChI=1S/C26H27F5N2O4/c1-2-36-25(35)20(24(34)18-14-21(27)23(28)22(15-18)37-26(29,30)31)9-10-32-19-8-6-7-17(13-19)16-33-11-4-3-5-12-33/h6-9,13-15,32H,2-5,10-12,16H2,1H3/b20-9-. The fraction of sp³-hybridized carbons (Fsp3) is 0.385. The maximum Gasteiger partial charge on any atom is 0.573 e. The van der Waals surface area contributed by atoms with E-state index in [0.717, 1.165) is 43.7 Å². The number of hydrogen-bond acceptors (Lipinski definition) is 6. The second-order valence-electron chi connectivity index (χ2n) is 8.40. The van der Waals surface area contributed by atoms with Gasteiger partial charge in [0.2, 0.25) is 5.82 Å². The van der Waals surface area contributed by atoms with Gasteiger partial charge >= 0.3 is 12.3 Å². The molecule has 1 N–H and O–H groups in total. The van der Waals surface area contributed by atoms with Gasteiger partial charge in [0.1, 0.15) is 5.57 Å². The van der Waals surface area contributed by atoms with Gasteiger partial charge in [-0.05, 0) is 68.8 Å². The summed E-state index contributed by atoms with van der Waals surface area (Å²) in [6.07, 6.45) is -0.581. The lowest BCUT2D eigenvalue weighted by molar-refractivity contribution is -0.275. The molecule has 0 spiro atoms. The van der Waals surface area contributed by atoms with E-state index in [2.05, 4.69) is 15.0 Å². The van der Waals surface area contributed by atoms with Gasteiger partial charge in [-0.3, -0.25) is 9.69 Å². The molecule has 200 valence electrons. The number of hydrogen-bond donors (Lipinski definition) is 1. The first kappa shape index (κ1) is 28.1. The molecule has 0 radical (unpaired) electrons. The first-order chi connectivity index (χ1) is 17.6. The highest BCUT2D eigenvalue weighted by Crippen LogP contribution is 2.29. The molecule has 0 saturated carbocycles. The molecule has 1 fully saturated rings. The fourth-order valence-electron chi connectivity index (χ4n) is 3.95. The molecular formula is C26H27F5N2O4. The van der Waals surface area contributed by atoms with Crippen molar-refractivity contribution in [2.75, 3.05) is 31.6 Å². The minimum Gasteiger partial charge on any atom is -0.462 e. The summed E-state index contributed by atoms with van der Waals surface area (Å²) >= 11 is 0. The monoisotopic (exact) mass is 526 g/mol. The van der Waals surface area contributed by atoms with E-state index >= 15 is 0 Å². The van der Waals surface area contributed by atoms with Crippen LogP contribution in [0.25, 0.3) is 0 Å². The lowest BCUT2D eigenvalue weighted by Gasteiger charge is -2.26. The molecule has 1 saturated heterocycles. The first-order valence-corrected chi connectivity index (χ1v) is 11.8. The number of carbonyl (C=O) groups excluding carboxylic acids is 2. The van der Waals surface area contributed by atoms with E-state index in [1.54, 1.807) is 6.07 Å². The number of carbonyl (C=O) groups is 2. The SMILES string of the molecule is CCOC(=O)/C(=C\CNc1cccc(CN2CCCCC2)c1)C(=O)c1cc(F)c(F)c(OC(F)(F)F)c1. The van der Waals surface area contributed by atoms with E-state index in [0.29, 0.717) is 12.1 Å². The van der Waals surface area contributed by atoms with E-state index < -0.39 is 46.6 Å².